The molecule has 3 atom stereocenters. The largest absolute Gasteiger partial charge is 0.490 e. The lowest BCUT2D eigenvalue weighted by atomic mass is 9.84. The Morgan fingerprint density at radius 3 is 2.40 bits per heavy atom. The van der Waals surface area contributed by atoms with Crippen molar-refractivity contribution >= 4 is 40.2 Å². The number of carboxylic acid groups (broad SMARTS) is 1. The number of aliphatic carboxylic acids is 1. The van der Waals surface area contributed by atoms with E-state index in [1.54, 1.807) is 4.90 Å². The topological polar surface area (TPSA) is 103 Å². The molecule has 2 fully saturated rings. The average Bonchev–Trinajstić information content (AvgIpc) is 2.88. The summed E-state index contributed by atoms with van der Waals surface area (Å²) in [4.78, 5) is 23.8. The Hall–Kier alpha value is -3.63. The molecule has 0 bridgehead atoms. The molecule has 0 saturated carbocycles. The fourth-order valence-corrected chi connectivity index (χ4v) is 5.70. The number of benzene rings is 3. The molecular weight excluding hydrogens is 547 g/mol. The summed E-state index contributed by atoms with van der Waals surface area (Å²) in [6.45, 7) is 4.58. The quantitative estimate of drug-likeness (QED) is 0.338. The number of guanidine groups is 1. The summed E-state index contributed by atoms with van der Waals surface area (Å²) >= 11 is 7.01. The first-order valence-electron chi connectivity index (χ1n) is 12.7. The number of amides is 1. The molecule has 11 heteroatoms. The molecule has 2 aliphatic rings. The minimum absolute atomic E-state index is 0.0108. The second-order valence-corrected chi connectivity index (χ2v) is 10.5. The van der Waals surface area contributed by atoms with Gasteiger partial charge in [0.2, 0.25) is 5.91 Å². The van der Waals surface area contributed by atoms with Crippen LogP contribution in [0.25, 0.3) is 21.9 Å². The van der Waals surface area contributed by atoms with E-state index in [0.29, 0.717) is 11.6 Å². The normalized spacial score (nSPS) is 23.3. The van der Waals surface area contributed by atoms with Crippen LogP contribution in [0.3, 0.4) is 0 Å². The molecule has 5 rings (SSSR count). The third-order valence-corrected chi connectivity index (χ3v) is 7.55. The number of carbonyl (C=O) groups excluding carboxylic acids is 1. The van der Waals surface area contributed by atoms with Gasteiger partial charge in [-0.1, -0.05) is 72.3 Å². The van der Waals surface area contributed by atoms with Gasteiger partial charge in [0.15, 0.2) is 5.96 Å². The minimum Gasteiger partial charge on any atom is -0.475 e. The third kappa shape index (κ3) is 6.08. The van der Waals surface area contributed by atoms with Crippen LogP contribution in [-0.4, -0.2) is 52.8 Å². The van der Waals surface area contributed by atoms with Crippen LogP contribution in [0, 0.1) is 5.41 Å². The maximum absolute atomic E-state index is 13.3. The van der Waals surface area contributed by atoms with Gasteiger partial charge >= 0.3 is 12.1 Å². The van der Waals surface area contributed by atoms with Crippen molar-refractivity contribution in [3.8, 4) is 11.1 Å². The lowest BCUT2D eigenvalue weighted by Crippen LogP contribution is -2.63. The van der Waals surface area contributed by atoms with E-state index < -0.39 is 17.7 Å². The van der Waals surface area contributed by atoms with E-state index in [1.807, 2.05) is 50.2 Å². The molecule has 2 aliphatic heterocycles. The molecule has 3 aromatic carbocycles. The fraction of sp³-hybridized carbons (Fsp3) is 0.345. The number of carbonyl (C=O) groups is 2. The van der Waals surface area contributed by atoms with Gasteiger partial charge in [0.1, 0.15) is 0 Å². The first-order valence-corrected chi connectivity index (χ1v) is 13.1. The first-order chi connectivity index (χ1) is 18.8. The summed E-state index contributed by atoms with van der Waals surface area (Å²) in [5.74, 6) is -2.67. The van der Waals surface area contributed by atoms with Crippen LogP contribution in [0.2, 0.25) is 5.02 Å². The Kier molecular flexibility index (Phi) is 8.41. The SMILES string of the molecule is C[C@H]1C[C@@H](N2C(=N)N[C@](C)(c3cccc(-c4cccc5ccccc45)c3Cl)CC2=O)CCO1.O=C(O)C(F)(F)F. The van der Waals surface area contributed by atoms with Crippen molar-refractivity contribution in [1.82, 2.24) is 10.2 Å². The van der Waals surface area contributed by atoms with Crippen molar-refractivity contribution in [2.45, 2.75) is 57.0 Å². The van der Waals surface area contributed by atoms with Crippen molar-refractivity contribution < 1.29 is 32.6 Å². The Bertz CT molecular complexity index is 1420. The number of nitrogens with one attached hydrogen (secondary N) is 2. The summed E-state index contributed by atoms with van der Waals surface area (Å²) in [6.07, 6.45) is -3.28. The van der Waals surface area contributed by atoms with E-state index in [4.69, 9.17) is 31.6 Å². The monoisotopic (exact) mass is 575 g/mol. The van der Waals surface area contributed by atoms with Gasteiger partial charge < -0.3 is 15.2 Å². The number of alkyl halides is 3. The second kappa shape index (κ2) is 11.5. The van der Waals surface area contributed by atoms with Gasteiger partial charge in [0.05, 0.1) is 23.1 Å². The molecule has 0 spiro atoms. The molecule has 3 aromatic rings. The third-order valence-electron chi connectivity index (χ3n) is 7.15. The summed E-state index contributed by atoms with van der Waals surface area (Å²) in [7, 11) is 0. The first kappa shape index (κ1) is 29.4. The lowest BCUT2D eigenvalue weighted by Gasteiger charge is -2.45. The molecule has 0 unspecified atom stereocenters. The van der Waals surface area contributed by atoms with Crippen LogP contribution < -0.4 is 5.32 Å². The molecule has 0 aromatic heterocycles. The zero-order valence-electron chi connectivity index (χ0n) is 21.9. The molecule has 0 aliphatic carbocycles. The van der Waals surface area contributed by atoms with Gasteiger partial charge in [-0.25, -0.2) is 4.79 Å². The van der Waals surface area contributed by atoms with Gasteiger partial charge in [0.25, 0.3) is 0 Å². The molecule has 2 heterocycles. The Balaban J connectivity index is 0.000000470. The zero-order chi connectivity index (χ0) is 29.2. The number of hydrogen-bond donors (Lipinski definition) is 3. The van der Waals surface area contributed by atoms with Crippen LogP contribution in [0.5, 0.6) is 0 Å². The lowest BCUT2D eigenvalue weighted by molar-refractivity contribution is -0.192. The molecule has 2 saturated heterocycles. The molecule has 40 heavy (non-hydrogen) atoms. The molecule has 3 N–H and O–H groups in total. The highest BCUT2D eigenvalue weighted by atomic mass is 35.5. The smallest absolute Gasteiger partial charge is 0.475 e. The van der Waals surface area contributed by atoms with Gasteiger partial charge in [-0.15, -0.1) is 0 Å². The predicted molar refractivity (Wildman–Crippen MR) is 146 cm³/mol. The Morgan fingerprint density at radius 1 is 1.12 bits per heavy atom. The zero-order valence-corrected chi connectivity index (χ0v) is 22.6. The van der Waals surface area contributed by atoms with Crippen LogP contribution in [0.15, 0.2) is 60.7 Å². The number of ether oxygens (including phenoxy) is 1. The van der Waals surface area contributed by atoms with Crippen molar-refractivity contribution in [3.63, 3.8) is 0 Å². The molecular formula is C29H29ClF3N3O4. The van der Waals surface area contributed by atoms with Crippen LogP contribution in [-0.2, 0) is 19.9 Å². The molecule has 0 radical (unpaired) electrons. The van der Waals surface area contributed by atoms with Crippen LogP contribution in [0.1, 0.15) is 38.7 Å². The Labute approximate surface area is 234 Å². The van der Waals surface area contributed by atoms with E-state index in [9.17, 15) is 18.0 Å². The summed E-state index contributed by atoms with van der Waals surface area (Å²) in [6, 6.07) is 20.4. The van der Waals surface area contributed by atoms with Crippen LogP contribution in [0.4, 0.5) is 13.2 Å². The number of fused-ring (bicyclic) bond motifs is 1. The molecule has 212 valence electrons. The van der Waals surface area contributed by atoms with Crippen molar-refractivity contribution in [2.75, 3.05) is 6.61 Å². The van der Waals surface area contributed by atoms with Gasteiger partial charge in [-0.2, -0.15) is 13.2 Å². The van der Waals surface area contributed by atoms with Gasteiger partial charge in [0, 0.05) is 18.2 Å². The van der Waals surface area contributed by atoms with Crippen molar-refractivity contribution in [2.24, 2.45) is 0 Å². The second-order valence-electron chi connectivity index (χ2n) is 10.1. The number of halogens is 4. The van der Waals surface area contributed by atoms with E-state index in [2.05, 4.69) is 29.6 Å². The highest BCUT2D eigenvalue weighted by Crippen LogP contribution is 2.41. The number of carboxylic acids is 1. The highest BCUT2D eigenvalue weighted by molar-refractivity contribution is 6.34. The summed E-state index contributed by atoms with van der Waals surface area (Å²) in [5.41, 5.74) is 2.04. The fourth-order valence-electron chi connectivity index (χ4n) is 5.26. The highest BCUT2D eigenvalue weighted by Gasteiger charge is 2.44. The van der Waals surface area contributed by atoms with E-state index in [1.165, 1.54) is 0 Å². The van der Waals surface area contributed by atoms with E-state index >= 15 is 0 Å². The molecule has 1 amide bonds. The minimum atomic E-state index is -5.08. The number of rotatable bonds is 3. The van der Waals surface area contributed by atoms with E-state index in [-0.39, 0.29) is 30.4 Å². The van der Waals surface area contributed by atoms with Crippen molar-refractivity contribution in [3.05, 3.63) is 71.2 Å². The maximum atomic E-state index is 13.3. The maximum Gasteiger partial charge on any atom is 0.490 e. The van der Waals surface area contributed by atoms with Crippen molar-refractivity contribution in [1.29, 1.82) is 5.41 Å². The summed E-state index contributed by atoms with van der Waals surface area (Å²) in [5, 5.41) is 22.0. The number of nitrogens with zero attached hydrogens (tertiary/aromatic N) is 1. The standard InChI is InChI=1S/C27H28ClN3O2.C2HF3O2/c1-17-15-19(13-14-33-17)31-24(32)16-27(2,30-26(31)29)23-12-6-11-22(25(23)28)21-10-5-8-18-7-3-4-9-20(18)21;3-2(4,5)1(6)7/h3-12,17,19H,13-16H2,1-2H3,(H2,29,30);(H,6,7)/t17-,19-,27-;/m0./s1. The summed E-state index contributed by atoms with van der Waals surface area (Å²) < 4.78 is 37.4. The van der Waals surface area contributed by atoms with E-state index in [0.717, 1.165) is 40.3 Å². The van der Waals surface area contributed by atoms with Crippen LogP contribution >= 0.6 is 11.6 Å². The van der Waals surface area contributed by atoms with Gasteiger partial charge in [-0.3, -0.25) is 15.1 Å². The predicted octanol–water partition coefficient (Wildman–Crippen LogP) is 6.33. The molecule has 7 nitrogen and oxygen atoms in total. The van der Waals surface area contributed by atoms with Gasteiger partial charge in [-0.05, 0) is 48.6 Å². The average molecular weight is 576 g/mol. The Morgan fingerprint density at radius 2 is 1.75 bits per heavy atom. The number of hydrogen-bond acceptors (Lipinski definition) is 4.